The lowest BCUT2D eigenvalue weighted by Crippen LogP contribution is -2.49. The van der Waals surface area contributed by atoms with Crippen LogP contribution in [-0.2, 0) is 28.9 Å². The number of nitrogens with zero attached hydrogens (tertiary/aromatic N) is 1. The molecule has 132 valence electrons. The van der Waals surface area contributed by atoms with Crippen LogP contribution in [0.3, 0.4) is 0 Å². The molecule has 0 unspecified atom stereocenters. The molecule has 5 heteroatoms. The zero-order chi connectivity index (χ0) is 17.6. The molecule has 2 aromatic rings. The second-order valence-corrected chi connectivity index (χ2v) is 7.48. The average molecular weight is 340 g/mol. The Balaban J connectivity index is 1.56. The van der Waals surface area contributed by atoms with Crippen molar-refractivity contribution in [2.45, 2.75) is 51.5 Å². The zero-order valence-electron chi connectivity index (χ0n) is 14.6. The van der Waals surface area contributed by atoms with Crippen LogP contribution >= 0.6 is 0 Å². The number of furan rings is 1. The van der Waals surface area contributed by atoms with E-state index >= 15 is 0 Å². The fourth-order valence-corrected chi connectivity index (χ4v) is 4.24. The third kappa shape index (κ3) is 2.92. The summed E-state index contributed by atoms with van der Waals surface area (Å²) in [5.74, 6) is -0.500. The van der Waals surface area contributed by atoms with E-state index in [1.807, 2.05) is 11.8 Å². The number of primary amides is 1. The predicted molar refractivity (Wildman–Crippen MR) is 95.0 cm³/mol. The number of likely N-dealkylation sites (tertiary alicyclic amines) is 1. The summed E-state index contributed by atoms with van der Waals surface area (Å²) in [7, 11) is 0. The van der Waals surface area contributed by atoms with Crippen LogP contribution in [0.15, 0.2) is 22.8 Å². The molecule has 1 saturated heterocycles. The number of nitrogens with two attached hydrogens (primary N) is 1. The van der Waals surface area contributed by atoms with E-state index in [1.165, 1.54) is 17.5 Å². The molecule has 0 saturated carbocycles. The third-order valence-corrected chi connectivity index (χ3v) is 5.81. The number of aryl methyl sites for hydroxylation is 2. The Hall–Kier alpha value is -2.30. The highest BCUT2D eigenvalue weighted by Gasteiger charge is 2.32. The van der Waals surface area contributed by atoms with E-state index in [-0.39, 0.29) is 23.8 Å². The summed E-state index contributed by atoms with van der Waals surface area (Å²) >= 11 is 0. The van der Waals surface area contributed by atoms with E-state index in [4.69, 9.17) is 10.2 Å². The van der Waals surface area contributed by atoms with Gasteiger partial charge in [0.2, 0.25) is 11.8 Å². The summed E-state index contributed by atoms with van der Waals surface area (Å²) in [6.07, 6.45) is 7.00. The van der Waals surface area contributed by atoms with Crippen molar-refractivity contribution in [1.29, 1.82) is 0 Å². The van der Waals surface area contributed by atoms with Crippen molar-refractivity contribution in [2.24, 2.45) is 11.7 Å². The molecular weight excluding hydrogens is 316 g/mol. The number of rotatable bonds is 3. The van der Waals surface area contributed by atoms with Crippen LogP contribution in [0.4, 0.5) is 0 Å². The normalized spacial score (nSPS) is 23.0. The largest absolute Gasteiger partial charge is 0.464 e. The maximum Gasteiger partial charge on any atom is 0.227 e. The van der Waals surface area contributed by atoms with Gasteiger partial charge >= 0.3 is 0 Å². The van der Waals surface area contributed by atoms with Gasteiger partial charge in [0.1, 0.15) is 5.58 Å². The molecule has 1 aliphatic heterocycles. The molecule has 0 radical (unpaired) electrons. The number of piperidine rings is 1. The summed E-state index contributed by atoms with van der Waals surface area (Å²) in [6.45, 7) is 2.47. The first kappa shape index (κ1) is 16.2. The van der Waals surface area contributed by atoms with Crippen LogP contribution in [0.2, 0.25) is 0 Å². The van der Waals surface area contributed by atoms with E-state index in [1.54, 1.807) is 6.26 Å². The van der Waals surface area contributed by atoms with E-state index in [9.17, 15) is 9.59 Å². The van der Waals surface area contributed by atoms with Gasteiger partial charge in [-0.25, -0.2) is 0 Å². The molecule has 5 nitrogen and oxygen atoms in total. The number of benzene rings is 1. The van der Waals surface area contributed by atoms with Crippen LogP contribution < -0.4 is 5.73 Å². The Bertz CT molecular complexity index is 839. The van der Waals surface area contributed by atoms with Crippen molar-refractivity contribution in [3.63, 3.8) is 0 Å². The van der Waals surface area contributed by atoms with Gasteiger partial charge in [0.15, 0.2) is 0 Å². The Kier molecular flexibility index (Phi) is 4.02. The van der Waals surface area contributed by atoms with E-state index in [2.05, 4.69) is 12.1 Å². The molecule has 25 heavy (non-hydrogen) atoms. The predicted octanol–water partition coefficient (Wildman–Crippen LogP) is 2.58. The minimum atomic E-state index is -0.311. The lowest BCUT2D eigenvalue weighted by molar-refractivity contribution is -0.136. The smallest absolute Gasteiger partial charge is 0.227 e. The molecule has 0 spiro atoms. The van der Waals surface area contributed by atoms with Crippen LogP contribution in [0, 0.1) is 5.92 Å². The van der Waals surface area contributed by atoms with Gasteiger partial charge in [-0.05, 0) is 62.3 Å². The molecule has 2 atom stereocenters. The van der Waals surface area contributed by atoms with Crippen LogP contribution in [0.5, 0.6) is 0 Å². The van der Waals surface area contributed by atoms with Gasteiger partial charge in [0.25, 0.3) is 0 Å². The summed E-state index contributed by atoms with van der Waals surface area (Å²) in [5, 5.41) is 1.05. The quantitative estimate of drug-likeness (QED) is 0.933. The second kappa shape index (κ2) is 6.21. The lowest BCUT2D eigenvalue weighted by Gasteiger charge is -2.37. The third-order valence-electron chi connectivity index (χ3n) is 5.81. The fourth-order valence-electron chi connectivity index (χ4n) is 4.24. The number of hydrogen-bond acceptors (Lipinski definition) is 3. The zero-order valence-corrected chi connectivity index (χ0v) is 14.6. The van der Waals surface area contributed by atoms with Crippen LogP contribution in [-0.4, -0.2) is 29.3 Å². The Labute approximate surface area is 147 Å². The molecule has 2 N–H and O–H groups in total. The molecule has 1 aromatic heterocycles. The van der Waals surface area contributed by atoms with Gasteiger partial charge < -0.3 is 15.1 Å². The van der Waals surface area contributed by atoms with Gasteiger partial charge in [-0.3, -0.25) is 9.59 Å². The highest BCUT2D eigenvalue weighted by atomic mass is 16.3. The number of amides is 2. The molecule has 0 bridgehead atoms. The molecule has 2 heterocycles. The maximum atomic E-state index is 12.9. The number of carbonyl (C=O) groups is 2. The molecular formula is C20H24N2O3. The summed E-state index contributed by atoms with van der Waals surface area (Å²) in [4.78, 5) is 26.2. The van der Waals surface area contributed by atoms with Crippen molar-refractivity contribution >= 4 is 22.8 Å². The van der Waals surface area contributed by atoms with Crippen LogP contribution in [0.1, 0.15) is 42.9 Å². The number of fused-ring (bicyclic) bond motifs is 2. The Morgan fingerprint density at radius 2 is 2.00 bits per heavy atom. The van der Waals surface area contributed by atoms with E-state index < -0.39 is 0 Å². The van der Waals surface area contributed by atoms with Gasteiger partial charge in [-0.1, -0.05) is 0 Å². The van der Waals surface area contributed by atoms with Crippen molar-refractivity contribution in [3.05, 3.63) is 35.1 Å². The highest BCUT2D eigenvalue weighted by Crippen LogP contribution is 2.31. The lowest BCUT2D eigenvalue weighted by atomic mass is 9.92. The minimum absolute atomic E-state index is 0.0432. The maximum absolute atomic E-state index is 12.9. The standard InChI is InChI=1S/C20H24N2O3/c1-12-5-6-15(20(21)24)10-22(12)19(23)9-16-11-25-18-8-14-4-2-3-13(14)7-17(16)18/h7-8,11-12,15H,2-6,9-10H2,1H3,(H2,21,24)/t12-,15-/m1/s1. The average Bonchev–Trinajstić information content (AvgIpc) is 3.19. The molecule has 2 aliphatic rings. The summed E-state index contributed by atoms with van der Waals surface area (Å²) < 4.78 is 5.70. The highest BCUT2D eigenvalue weighted by molar-refractivity contribution is 5.89. The van der Waals surface area contributed by atoms with Gasteiger partial charge in [-0.2, -0.15) is 0 Å². The Morgan fingerprint density at radius 1 is 1.24 bits per heavy atom. The number of carbonyl (C=O) groups excluding carboxylic acids is 2. The minimum Gasteiger partial charge on any atom is -0.464 e. The van der Waals surface area contributed by atoms with E-state index in [0.29, 0.717) is 13.0 Å². The monoisotopic (exact) mass is 340 g/mol. The van der Waals surface area contributed by atoms with Crippen molar-refractivity contribution < 1.29 is 14.0 Å². The Morgan fingerprint density at radius 3 is 2.76 bits per heavy atom. The van der Waals surface area contributed by atoms with E-state index in [0.717, 1.165) is 42.2 Å². The summed E-state index contributed by atoms with van der Waals surface area (Å²) in [6, 6.07) is 4.46. The SMILES string of the molecule is C[C@@H]1CC[C@@H](C(N)=O)CN1C(=O)Cc1coc2cc3c(cc12)CCC3. The van der Waals surface area contributed by atoms with Crippen molar-refractivity contribution in [3.8, 4) is 0 Å². The summed E-state index contributed by atoms with van der Waals surface area (Å²) in [5.41, 5.74) is 9.99. The van der Waals surface area contributed by atoms with Gasteiger partial charge in [0.05, 0.1) is 18.6 Å². The topological polar surface area (TPSA) is 76.5 Å². The number of hydrogen-bond donors (Lipinski definition) is 1. The van der Waals surface area contributed by atoms with Crippen molar-refractivity contribution in [2.75, 3.05) is 6.54 Å². The molecule has 2 amide bonds. The fraction of sp³-hybridized carbons (Fsp3) is 0.500. The molecule has 1 aromatic carbocycles. The molecule has 1 aliphatic carbocycles. The second-order valence-electron chi connectivity index (χ2n) is 7.48. The first-order chi connectivity index (χ1) is 12.0. The van der Waals surface area contributed by atoms with Crippen molar-refractivity contribution in [1.82, 2.24) is 4.90 Å². The molecule has 1 fully saturated rings. The van der Waals surface area contributed by atoms with Gasteiger partial charge in [-0.15, -0.1) is 0 Å². The van der Waals surface area contributed by atoms with Gasteiger partial charge in [0, 0.05) is 23.5 Å². The molecule has 4 rings (SSSR count). The first-order valence-corrected chi connectivity index (χ1v) is 9.13. The first-order valence-electron chi connectivity index (χ1n) is 9.13. The van der Waals surface area contributed by atoms with Crippen LogP contribution in [0.25, 0.3) is 11.0 Å².